The second-order valence-electron chi connectivity index (χ2n) is 3.70. The van der Waals surface area contributed by atoms with Gasteiger partial charge in [0.1, 0.15) is 0 Å². The van der Waals surface area contributed by atoms with Crippen molar-refractivity contribution in [3.8, 4) is 0 Å². The number of aromatic nitrogens is 1. The van der Waals surface area contributed by atoms with Gasteiger partial charge in [-0.15, -0.1) is 0 Å². The average Bonchev–Trinajstić information content (AvgIpc) is 2.44. The molecule has 0 unspecified atom stereocenters. The molecule has 1 aromatic heterocycles. The molecule has 0 bridgehead atoms. The predicted molar refractivity (Wildman–Crippen MR) is 58.6 cm³/mol. The fourth-order valence-electron chi connectivity index (χ4n) is 1.82. The summed E-state index contributed by atoms with van der Waals surface area (Å²) in [5.74, 6) is 5.65. The minimum Gasteiger partial charge on any atom is -0.350 e. The third-order valence-electron chi connectivity index (χ3n) is 2.40. The third-order valence-corrected chi connectivity index (χ3v) is 2.40. The fourth-order valence-corrected chi connectivity index (χ4v) is 1.82. The van der Waals surface area contributed by atoms with E-state index in [0.29, 0.717) is 0 Å². The Morgan fingerprint density at radius 1 is 1.36 bits per heavy atom. The van der Waals surface area contributed by atoms with Crippen LogP contribution in [0.1, 0.15) is 5.56 Å². The molecule has 2 rings (SSSR count). The van der Waals surface area contributed by atoms with Crippen molar-refractivity contribution in [3.63, 3.8) is 0 Å². The smallest absolute Gasteiger partial charge is 0.0481 e. The second kappa shape index (κ2) is 3.44. The number of nitrogens with two attached hydrogens (primary N) is 1. The van der Waals surface area contributed by atoms with Gasteiger partial charge in [-0.2, -0.15) is 0 Å². The van der Waals surface area contributed by atoms with Crippen molar-refractivity contribution in [1.82, 2.24) is 9.58 Å². The summed E-state index contributed by atoms with van der Waals surface area (Å²) in [6.07, 6.45) is 2.13. The predicted octanol–water partition coefficient (Wildman–Crippen LogP) is 1.48. The van der Waals surface area contributed by atoms with Gasteiger partial charge in [-0.3, -0.25) is 5.84 Å². The van der Waals surface area contributed by atoms with E-state index in [-0.39, 0.29) is 0 Å². The Bertz CT molecular complexity index is 443. The van der Waals surface area contributed by atoms with Gasteiger partial charge in [0.05, 0.1) is 0 Å². The molecule has 0 aliphatic heterocycles. The van der Waals surface area contributed by atoms with Crippen LogP contribution >= 0.6 is 0 Å². The lowest BCUT2D eigenvalue weighted by Crippen LogP contribution is -2.24. The van der Waals surface area contributed by atoms with E-state index in [0.717, 1.165) is 6.54 Å². The topological polar surface area (TPSA) is 34.2 Å². The van der Waals surface area contributed by atoms with Gasteiger partial charge < -0.3 is 4.57 Å². The van der Waals surface area contributed by atoms with Crippen molar-refractivity contribution >= 4 is 10.9 Å². The molecule has 0 fully saturated rings. The molecule has 14 heavy (non-hydrogen) atoms. The number of benzene rings is 1. The number of para-hydroxylation sites is 1. The van der Waals surface area contributed by atoms with Gasteiger partial charge in [0.15, 0.2) is 0 Å². The Kier molecular flexibility index (Phi) is 2.27. The highest BCUT2D eigenvalue weighted by atomic mass is 15.4. The summed E-state index contributed by atoms with van der Waals surface area (Å²) in [5.41, 5.74) is 2.53. The van der Waals surface area contributed by atoms with Crippen molar-refractivity contribution in [3.05, 3.63) is 36.0 Å². The first-order chi connectivity index (χ1) is 6.68. The molecular formula is C11H15N3. The number of hydrogen-bond acceptors (Lipinski definition) is 2. The normalized spacial score (nSPS) is 11.4. The van der Waals surface area contributed by atoms with E-state index in [1.165, 1.54) is 16.5 Å². The molecule has 2 N–H and O–H groups in total. The zero-order chi connectivity index (χ0) is 10.1. The Morgan fingerprint density at radius 3 is 2.79 bits per heavy atom. The molecule has 0 radical (unpaired) electrons. The van der Waals surface area contributed by atoms with Crippen molar-refractivity contribution in [2.24, 2.45) is 12.9 Å². The summed E-state index contributed by atoms with van der Waals surface area (Å²) in [6, 6.07) is 8.37. The summed E-state index contributed by atoms with van der Waals surface area (Å²) in [5, 5.41) is 2.98. The van der Waals surface area contributed by atoms with Crippen LogP contribution in [-0.4, -0.2) is 16.6 Å². The first kappa shape index (κ1) is 9.24. The Morgan fingerprint density at radius 2 is 2.07 bits per heavy atom. The van der Waals surface area contributed by atoms with Crippen molar-refractivity contribution < 1.29 is 0 Å². The summed E-state index contributed by atoms with van der Waals surface area (Å²) >= 11 is 0. The first-order valence-corrected chi connectivity index (χ1v) is 4.67. The van der Waals surface area contributed by atoms with Crippen LogP contribution in [-0.2, 0) is 13.6 Å². The van der Waals surface area contributed by atoms with Crippen LogP contribution in [0.3, 0.4) is 0 Å². The van der Waals surface area contributed by atoms with Gasteiger partial charge >= 0.3 is 0 Å². The number of aryl methyl sites for hydroxylation is 1. The maximum atomic E-state index is 5.65. The lowest BCUT2D eigenvalue weighted by Gasteiger charge is -2.07. The number of hydrazine groups is 1. The van der Waals surface area contributed by atoms with Gasteiger partial charge in [0.2, 0.25) is 0 Å². The molecule has 1 aromatic carbocycles. The Hall–Kier alpha value is -1.32. The molecule has 0 aliphatic carbocycles. The van der Waals surface area contributed by atoms with Gasteiger partial charge in [0, 0.05) is 37.7 Å². The van der Waals surface area contributed by atoms with E-state index in [9.17, 15) is 0 Å². The van der Waals surface area contributed by atoms with Gasteiger partial charge in [0.25, 0.3) is 0 Å². The van der Waals surface area contributed by atoms with Crippen LogP contribution in [0.25, 0.3) is 10.9 Å². The highest BCUT2D eigenvalue weighted by molar-refractivity contribution is 5.83. The number of nitrogens with zero attached hydrogens (tertiary/aromatic N) is 2. The molecule has 0 saturated carbocycles. The van der Waals surface area contributed by atoms with E-state index in [4.69, 9.17) is 5.84 Å². The SMILES string of the molecule is CN(N)Cc1cn(C)c2ccccc12. The molecule has 0 amide bonds. The number of rotatable bonds is 2. The van der Waals surface area contributed by atoms with Crippen molar-refractivity contribution in [2.45, 2.75) is 6.54 Å². The van der Waals surface area contributed by atoms with E-state index < -0.39 is 0 Å². The second-order valence-corrected chi connectivity index (χ2v) is 3.70. The monoisotopic (exact) mass is 189 g/mol. The fraction of sp³-hybridized carbons (Fsp3) is 0.273. The van der Waals surface area contributed by atoms with Gasteiger partial charge in [-0.05, 0) is 11.6 Å². The van der Waals surface area contributed by atoms with E-state index in [1.54, 1.807) is 5.01 Å². The van der Waals surface area contributed by atoms with Crippen LogP contribution in [0.4, 0.5) is 0 Å². The standard InChI is InChI=1S/C11H15N3/c1-13-7-9(8-14(2)12)10-5-3-4-6-11(10)13/h3-7H,8,12H2,1-2H3. The molecule has 3 nitrogen and oxygen atoms in total. The van der Waals surface area contributed by atoms with E-state index in [2.05, 4.69) is 42.1 Å². The molecule has 2 aromatic rings. The third kappa shape index (κ3) is 1.52. The van der Waals surface area contributed by atoms with E-state index in [1.807, 2.05) is 7.05 Å². The molecule has 1 heterocycles. The highest BCUT2D eigenvalue weighted by Crippen LogP contribution is 2.20. The van der Waals surface area contributed by atoms with Crippen LogP contribution < -0.4 is 5.84 Å². The molecular weight excluding hydrogens is 174 g/mol. The minimum absolute atomic E-state index is 0.779. The summed E-state index contributed by atoms with van der Waals surface area (Å²) < 4.78 is 2.13. The summed E-state index contributed by atoms with van der Waals surface area (Å²) in [7, 11) is 3.93. The van der Waals surface area contributed by atoms with Gasteiger partial charge in [-0.25, -0.2) is 5.01 Å². The summed E-state index contributed by atoms with van der Waals surface area (Å²) in [4.78, 5) is 0. The molecule has 0 spiro atoms. The lowest BCUT2D eigenvalue weighted by molar-refractivity contribution is 0.343. The molecule has 0 aliphatic rings. The number of hydrogen-bond donors (Lipinski definition) is 1. The van der Waals surface area contributed by atoms with E-state index >= 15 is 0 Å². The lowest BCUT2D eigenvalue weighted by atomic mass is 10.2. The van der Waals surface area contributed by atoms with Crippen LogP contribution in [0, 0.1) is 0 Å². The number of fused-ring (bicyclic) bond motifs is 1. The maximum absolute atomic E-state index is 5.65. The minimum atomic E-state index is 0.779. The largest absolute Gasteiger partial charge is 0.350 e. The highest BCUT2D eigenvalue weighted by Gasteiger charge is 2.05. The molecule has 3 heteroatoms. The van der Waals surface area contributed by atoms with Gasteiger partial charge in [-0.1, -0.05) is 18.2 Å². The molecule has 0 saturated heterocycles. The van der Waals surface area contributed by atoms with Crippen molar-refractivity contribution in [1.29, 1.82) is 0 Å². The quantitative estimate of drug-likeness (QED) is 0.573. The van der Waals surface area contributed by atoms with Crippen LogP contribution in [0.15, 0.2) is 30.5 Å². The Labute approximate surface area is 83.7 Å². The zero-order valence-corrected chi connectivity index (χ0v) is 8.57. The first-order valence-electron chi connectivity index (χ1n) is 4.67. The molecule has 0 atom stereocenters. The van der Waals surface area contributed by atoms with Crippen molar-refractivity contribution in [2.75, 3.05) is 7.05 Å². The average molecular weight is 189 g/mol. The van der Waals surface area contributed by atoms with Crippen LogP contribution in [0.5, 0.6) is 0 Å². The Balaban J connectivity index is 2.55. The summed E-state index contributed by atoms with van der Waals surface area (Å²) in [6.45, 7) is 0.779. The van der Waals surface area contributed by atoms with Crippen LogP contribution in [0.2, 0.25) is 0 Å². The molecule has 74 valence electrons. The maximum Gasteiger partial charge on any atom is 0.0481 e. The zero-order valence-electron chi connectivity index (χ0n) is 8.57.